The quantitative estimate of drug-likeness (QED) is 0.391. The van der Waals surface area contributed by atoms with Gasteiger partial charge in [0.1, 0.15) is 5.75 Å². The molecule has 34 heavy (non-hydrogen) atoms. The number of carbonyl (C=O) groups excluding carboxylic acids is 1. The number of nitrogens with one attached hydrogen (secondary N) is 1. The summed E-state index contributed by atoms with van der Waals surface area (Å²) in [6.07, 6.45) is 4.29. The van der Waals surface area contributed by atoms with Gasteiger partial charge in [-0.15, -0.1) is 5.48 Å². The monoisotopic (exact) mass is 458 g/mol. The molecule has 0 bridgehead atoms. The SMILES string of the molecule is CCCc1cc2c(c(CCC)c1OCCC(C(N)=O)c1ccccc1)ONC2c1ccccc1. The number of hydroxylamine groups is 1. The van der Waals surface area contributed by atoms with Gasteiger partial charge in [-0.1, -0.05) is 87.4 Å². The van der Waals surface area contributed by atoms with E-state index < -0.39 is 0 Å². The number of nitrogens with two attached hydrogens (primary N) is 1. The maximum Gasteiger partial charge on any atom is 0.225 e. The van der Waals surface area contributed by atoms with Gasteiger partial charge in [0.05, 0.1) is 18.6 Å². The predicted octanol–water partition coefficient (Wildman–Crippen LogP) is 5.62. The number of carbonyl (C=O) groups is 1. The molecule has 3 aromatic rings. The Morgan fingerprint density at radius 3 is 2.35 bits per heavy atom. The van der Waals surface area contributed by atoms with Crippen LogP contribution in [-0.4, -0.2) is 12.5 Å². The van der Waals surface area contributed by atoms with Crippen LogP contribution in [-0.2, 0) is 17.6 Å². The van der Waals surface area contributed by atoms with Crippen molar-refractivity contribution in [2.75, 3.05) is 6.61 Å². The summed E-state index contributed by atoms with van der Waals surface area (Å²) in [7, 11) is 0. The fourth-order valence-corrected chi connectivity index (χ4v) is 4.75. The van der Waals surface area contributed by atoms with Crippen molar-refractivity contribution in [2.24, 2.45) is 5.73 Å². The first-order valence-corrected chi connectivity index (χ1v) is 12.3. The summed E-state index contributed by atoms with van der Waals surface area (Å²) in [6.45, 7) is 4.75. The topological polar surface area (TPSA) is 73.6 Å². The second-order valence-corrected chi connectivity index (χ2v) is 8.83. The summed E-state index contributed by atoms with van der Waals surface area (Å²) in [5, 5.41) is 0. The molecule has 2 atom stereocenters. The molecule has 0 radical (unpaired) electrons. The molecule has 178 valence electrons. The summed E-state index contributed by atoms with van der Waals surface area (Å²) in [5.74, 6) is 1.07. The third-order valence-corrected chi connectivity index (χ3v) is 6.37. The first-order valence-electron chi connectivity index (χ1n) is 12.3. The van der Waals surface area contributed by atoms with E-state index in [-0.39, 0.29) is 17.9 Å². The zero-order valence-electron chi connectivity index (χ0n) is 20.1. The van der Waals surface area contributed by atoms with Crippen LogP contribution >= 0.6 is 0 Å². The highest BCUT2D eigenvalue weighted by molar-refractivity contribution is 5.81. The van der Waals surface area contributed by atoms with Crippen molar-refractivity contribution in [1.29, 1.82) is 0 Å². The van der Waals surface area contributed by atoms with Gasteiger partial charge in [0.25, 0.3) is 0 Å². The molecule has 0 saturated heterocycles. The van der Waals surface area contributed by atoms with Crippen molar-refractivity contribution in [3.8, 4) is 11.5 Å². The minimum Gasteiger partial charge on any atom is -0.493 e. The molecule has 0 fully saturated rings. The maximum absolute atomic E-state index is 12.1. The molecule has 5 heteroatoms. The van der Waals surface area contributed by atoms with Gasteiger partial charge in [0.2, 0.25) is 5.91 Å². The molecule has 1 aliphatic rings. The molecule has 1 heterocycles. The van der Waals surface area contributed by atoms with Crippen LogP contribution in [0.2, 0.25) is 0 Å². The third kappa shape index (κ3) is 5.10. The van der Waals surface area contributed by atoms with Crippen molar-refractivity contribution in [3.63, 3.8) is 0 Å². The number of primary amides is 1. The Morgan fingerprint density at radius 1 is 1.03 bits per heavy atom. The lowest BCUT2D eigenvalue weighted by atomic mass is 9.91. The van der Waals surface area contributed by atoms with Crippen molar-refractivity contribution in [2.45, 2.75) is 57.9 Å². The molecule has 0 saturated carbocycles. The van der Waals surface area contributed by atoms with Crippen LogP contribution in [0.3, 0.4) is 0 Å². The zero-order valence-corrected chi connectivity index (χ0v) is 20.1. The number of fused-ring (bicyclic) bond motifs is 1. The molecule has 0 spiro atoms. The van der Waals surface area contributed by atoms with Crippen LogP contribution in [0.5, 0.6) is 11.5 Å². The molecule has 5 nitrogen and oxygen atoms in total. The first kappa shape index (κ1) is 23.8. The Morgan fingerprint density at radius 2 is 1.71 bits per heavy atom. The highest BCUT2D eigenvalue weighted by atomic mass is 16.7. The second-order valence-electron chi connectivity index (χ2n) is 8.83. The van der Waals surface area contributed by atoms with Crippen molar-refractivity contribution in [3.05, 3.63) is 94.5 Å². The number of rotatable bonds is 11. The van der Waals surface area contributed by atoms with Crippen LogP contribution in [0.25, 0.3) is 0 Å². The summed E-state index contributed by atoms with van der Waals surface area (Å²) >= 11 is 0. The van der Waals surface area contributed by atoms with E-state index >= 15 is 0 Å². The van der Waals surface area contributed by atoms with Crippen LogP contribution in [0.15, 0.2) is 66.7 Å². The Kier molecular flexibility index (Phi) is 7.86. The lowest BCUT2D eigenvalue weighted by molar-refractivity contribution is -0.119. The van der Waals surface area contributed by atoms with Crippen LogP contribution < -0.4 is 20.8 Å². The predicted molar refractivity (Wildman–Crippen MR) is 135 cm³/mol. The average Bonchev–Trinajstić information content (AvgIpc) is 3.28. The molecule has 2 unspecified atom stereocenters. The summed E-state index contributed by atoms with van der Waals surface area (Å²) in [6, 6.07) is 22.3. The minimum absolute atomic E-state index is 0.00575. The van der Waals surface area contributed by atoms with E-state index in [4.69, 9.17) is 15.3 Å². The van der Waals surface area contributed by atoms with E-state index in [1.54, 1.807) is 0 Å². The zero-order chi connectivity index (χ0) is 23.9. The number of aryl methyl sites for hydroxylation is 1. The maximum atomic E-state index is 12.1. The van der Waals surface area contributed by atoms with E-state index in [0.29, 0.717) is 13.0 Å². The number of hydrogen-bond donors (Lipinski definition) is 2. The summed E-state index contributed by atoms with van der Waals surface area (Å²) in [4.78, 5) is 18.2. The van der Waals surface area contributed by atoms with Crippen molar-refractivity contribution >= 4 is 5.91 Å². The second kappa shape index (κ2) is 11.2. The van der Waals surface area contributed by atoms with E-state index in [2.05, 4.69) is 37.5 Å². The highest BCUT2D eigenvalue weighted by Gasteiger charge is 2.31. The van der Waals surface area contributed by atoms with Gasteiger partial charge >= 0.3 is 0 Å². The molecular formula is C29H34N2O3. The molecule has 1 aliphatic heterocycles. The summed E-state index contributed by atoms with van der Waals surface area (Å²) < 4.78 is 6.43. The van der Waals surface area contributed by atoms with E-state index in [9.17, 15) is 4.79 Å². The Hall–Kier alpha value is -3.31. The van der Waals surface area contributed by atoms with Crippen molar-refractivity contribution in [1.82, 2.24) is 5.48 Å². The fraction of sp³-hybridized carbons (Fsp3) is 0.345. The van der Waals surface area contributed by atoms with Gasteiger partial charge in [0.15, 0.2) is 5.75 Å². The largest absolute Gasteiger partial charge is 0.493 e. The fourth-order valence-electron chi connectivity index (χ4n) is 4.75. The smallest absolute Gasteiger partial charge is 0.225 e. The van der Waals surface area contributed by atoms with E-state index in [0.717, 1.165) is 53.9 Å². The first-order chi connectivity index (χ1) is 16.6. The average molecular weight is 459 g/mol. The van der Waals surface area contributed by atoms with E-state index in [1.165, 1.54) is 11.1 Å². The van der Waals surface area contributed by atoms with Gasteiger partial charge in [-0.2, -0.15) is 0 Å². The number of ether oxygens (including phenoxy) is 1. The van der Waals surface area contributed by atoms with Gasteiger partial charge in [-0.3, -0.25) is 4.79 Å². The van der Waals surface area contributed by atoms with Gasteiger partial charge in [0, 0.05) is 11.1 Å². The summed E-state index contributed by atoms with van der Waals surface area (Å²) in [5.41, 5.74) is 14.5. The molecule has 0 aliphatic carbocycles. The third-order valence-electron chi connectivity index (χ3n) is 6.37. The molecular weight excluding hydrogens is 424 g/mol. The molecule has 1 amide bonds. The molecule has 4 rings (SSSR count). The number of hydrogen-bond acceptors (Lipinski definition) is 4. The lowest BCUT2D eigenvalue weighted by Crippen LogP contribution is -2.23. The minimum atomic E-state index is -0.375. The Balaban J connectivity index is 1.63. The number of benzene rings is 3. The standard InChI is InChI=1S/C29H34N2O3/c1-3-11-22-19-25-26(21-15-9-6-10-16-21)31-34-28(25)24(12-4-2)27(22)33-18-17-23(29(30)32)20-13-7-5-8-14-20/h5-10,13-16,19,23,26,31H,3-4,11-12,17-18H2,1-2H3,(H2,30,32). The van der Waals surface area contributed by atoms with Crippen molar-refractivity contribution < 1.29 is 14.4 Å². The van der Waals surface area contributed by atoms with E-state index in [1.807, 2.05) is 48.5 Å². The Bertz CT molecular complexity index is 1100. The highest BCUT2D eigenvalue weighted by Crippen LogP contribution is 2.44. The van der Waals surface area contributed by atoms with Crippen LogP contribution in [0.4, 0.5) is 0 Å². The van der Waals surface area contributed by atoms with Gasteiger partial charge in [-0.25, -0.2) is 0 Å². The molecule has 3 aromatic carbocycles. The molecule has 0 aromatic heterocycles. The van der Waals surface area contributed by atoms with Gasteiger partial charge < -0.3 is 15.3 Å². The van der Waals surface area contributed by atoms with Crippen LogP contribution in [0.1, 0.15) is 72.9 Å². The molecule has 3 N–H and O–H groups in total. The lowest BCUT2D eigenvalue weighted by Gasteiger charge is -2.20. The van der Waals surface area contributed by atoms with Gasteiger partial charge in [-0.05, 0) is 42.0 Å². The Labute approximate surface area is 202 Å². The number of amides is 1. The normalized spacial score (nSPS) is 15.4. The van der Waals surface area contributed by atoms with Crippen LogP contribution in [0, 0.1) is 0 Å².